The molecule has 10 heteroatoms. The Labute approximate surface area is 188 Å². The minimum absolute atomic E-state index is 0.0466. The minimum atomic E-state index is -0.704. The van der Waals surface area contributed by atoms with Crippen LogP contribution >= 0.6 is 11.6 Å². The molecule has 0 atom stereocenters. The van der Waals surface area contributed by atoms with E-state index in [1.54, 1.807) is 18.2 Å². The van der Waals surface area contributed by atoms with Crippen LogP contribution in [0.15, 0.2) is 54.7 Å². The molecule has 0 radical (unpaired) electrons. The highest BCUT2D eigenvalue weighted by molar-refractivity contribution is 6.32. The van der Waals surface area contributed by atoms with Crippen molar-refractivity contribution >= 4 is 34.9 Å². The fraction of sp³-hybridized carbons (Fsp3) is 0.136. The van der Waals surface area contributed by atoms with E-state index in [1.807, 2.05) is 6.92 Å². The van der Waals surface area contributed by atoms with Gasteiger partial charge in [-0.1, -0.05) is 11.6 Å². The summed E-state index contributed by atoms with van der Waals surface area (Å²) < 4.78 is 25.5. The Morgan fingerprint density at radius 1 is 1.06 bits per heavy atom. The first-order valence-electron chi connectivity index (χ1n) is 9.55. The lowest BCUT2D eigenvalue weighted by Crippen LogP contribution is -2.20. The Morgan fingerprint density at radius 3 is 2.56 bits per heavy atom. The van der Waals surface area contributed by atoms with Crippen LogP contribution in [0.1, 0.15) is 17.4 Å². The van der Waals surface area contributed by atoms with E-state index in [4.69, 9.17) is 21.1 Å². The van der Waals surface area contributed by atoms with Gasteiger partial charge in [-0.2, -0.15) is 0 Å². The molecule has 1 aromatic heterocycles. The Kier molecular flexibility index (Phi) is 7.45. The second-order valence-electron chi connectivity index (χ2n) is 6.36. The molecule has 1 heterocycles. The topological polar surface area (TPSA) is 102 Å². The Morgan fingerprint density at radius 2 is 1.84 bits per heavy atom. The molecular formula is C22H20ClFN4O4. The van der Waals surface area contributed by atoms with Crippen LogP contribution in [-0.4, -0.2) is 30.6 Å². The number of ether oxygens (including phenoxy) is 2. The molecule has 3 amide bonds. The first-order chi connectivity index (χ1) is 15.4. The van der Waals surface area contributed by atoms with Crippen LogP contribution in [0.5, 0.6) is 17.2 Å². The van der Waals surface area contributed by atoms with Crippen molar-refractivity contribution in [3.05, 3.63) is 71.3 Å². The quantitative estimate of drug-likeness (QED) is 0.459. The van der Waals surface area contributed by atoms with E-state index in [2.05, 4.69) is 20.9 Å². The van der Waals surface area contributed by atoms with E-state index in [9.17, 15) is 14.0 Å². The van der Waals surface area contributed by atoms with Gasteiger partial charge in [0.15, 0.2) is 0 Å². The number of carbonyl (C=O) groups is 2. The maximum Gasteiger partial charge on any atom is 0.323 e. The van der Waals surface area contributed by atoms with Gasteiger partial charge < -0.3 is 25.4 Å². The van der Waals surface area contributed by atoms with Crippen molar-refractivity contribution in [1.29, 1.82) is 0 Å². The van der Waals surface area contributed by atoms with Gasteiger partial charge in [-0.15, -0.1) is 0 Å². The van der Waals surface area contributed by atoms with Gasteiger partial charge in [0.1, 0.15) is 28.8 Å². The number of anilines is 2. The predicted molar refractivity (Wildman–Crippen MR) is 119 cm³/mol. The largest absolute Gasteiger partial charge is 0.492 e. The smallest absolute Gasteiger partial charge is 0.323 e. The molecule has 0 saturated heterocycles. The summed E-state index contributed by atoms with van der Waals surface area (Å²) in [6.07, 6.45) is 1.41. The molecule has 0 fully saturated rings. The summed E-state index contributed by atoms with van der Waals surface area (Å²) in [5.74, 6) is -0.160. The van der Waals surface area contributed by atoms with Gasteiger partial charge in [0.25, 0.3) is 5.91 Å². The van der Waals surface area contributed by atoms with Gasteiger partial charge in [0.2, 0.25) is 0 Å². The van der Waals surface area contributed by atoms with Gasteiger partial charge in [0.05, 0.1) is 17.3 Å². The van der Waals surface area contributed by atoms with Crippen LogP contribution in [0.4, 0.5) is 20.6 Å². The Bertz CT molecular complexity index is 1140. The molecule has 3 N–H and O–H groups in total. The zero-order chi connectivity index (χ0) is 23.1. The highest BCUT2D eigenvalue weighted by Gasteiger charge is 2.12. The van der Waals surface area contributed by atoms with E-state index >= 15 is 0 Å². The molecule has 2 aromatic carbocycles. The van der Waals surface area contributed by atoms with Crippen molar-refractivity contribution in [2.75, 3.05) is 24.3 Å². The van der Waals surface area contributed by atoms with E-state index in [1.165, 1.54) is 37.5 Å². The average Bonchev–Trinajstić information content (AvgIpc) is 2.77. The van der Waals surface area contributed by atoms with Crippen LogP contribution in [0.3, 0.4) is 0 Å². The van der Waals surface area contributed by atoms with Gasteiger partial charge in [0, 0.05) is 37.1 Å². The number of hydrogen-bond acceptors (Lipinski definition) is 5. The second-order valence-corrected chi connectivity index (χ2v) is 6.76. The molecule has 32 heavy (non-hydrogen) atoms. The number of halogens is 2. The molecule has 166 valence electrons. The van der Waals surface area contributed by atoms with E-state index in [-0.39, 0.29) is 23.0 Å². The van der Waals surface area contributed by atoms with Crippen molar-refractivity contribution in [3.8, 4) is 17.2 Å². The fourth-order valence-corrected chi connectivity index (χ4v) is 2.83. The van der Waals surface area contributed by atoms with E-state index in [0.717, 1.165) is 6.07 Å². The number of hydrogen-bond donors (Lipinski definition) is 3. The van der Waals surface area contributed by atoms with E-state index in [0.29, 0.717) is 28.8 Å². The number of nitrogens with zero attached hydrogens (tertiary/aromatic N) is 1. The fourth-order valence-electron chi connectivity index (χ4n) is 2.66. The highest BCUT2D eigenvalue weighted by Crippen LogP contribution is 2.29. The molecule has 0 aliphatic carbocycles. The number of amides is 3. The van der Waals surface area contributed by atoms with Gasteiger partial charge in [-0.3, -0.25) is 9.78 Å². The normalized spacial score (nSPS) is 10.2. The molecule has 3 aromatic rings. The van der Waals surface area contributed by atoms with Crippen LogP contribution in [0, 0.1) is 5.82 Å². The first kappa shape index (κ1) is 22.8. The van der Waals surface area contributed by atoms with Crippen LogP contribution in [-0.2, 0) is 0 Å². The summed E-state index contributed by atoms with van der Waals surface area (Å²) in [5, 5.41) is 7.89. The number of urea groups is 1. The molecule has 3 rings (SSSR count). The second kappa shape index (κ2) is 10.5. The summed E-state index contributed by atoms with van der Waals surface area (Å²) in [6.45, 7) is 2.23. The number of benzene rings is 2. The molecule has 0 saturated carbocycles. The lowest BCUT2D eigenvalue weighted by atomic mass is 10.2. The molecule has 8 nitrogen and oxygen atoms in total. The van der Waals surface area contributed by atoms with Crippen LogP contribution in [0.25, 0.3) is 0 Å². The monoisotopic (exact) mass is 458 g/mol. The lowest BCUT2D eigenvalue weighted by molar-refractivity contribution is 0.0957. The standard InChI is InChI=1S/C22H20ClFN4O4/c1-3-31-20-10-13(4-6-16(20)23)27-22(30)28-18-7-5-14(11-17(18)24)32-15-8-9-26-19(12-15)21(29)25-2/h4-12H,3H2,1-2H3,(H,25,29)(H2,27,28,30). The summed E-state index contributed by atoms with van der Waals surface area (Å²) in [4.78, 5) is 27.9. The SMILES string of the molecule is CCOc1cc(NC(=O)Nc2ccc(Oc3ccnc(C(=O)NC)c3)cc2F)ccc1Cl. The number of nitrogens with one attached hydrogen (secondary N) is 3. The number of pyridine rings is 1. The number of aromatic nitrogens is 1. The van der Waals surface area contributed by atoms with Gasteiger partial charge in [-0.05, 0) is 37.3 Å². The summed E-state index contributed by atoms with van der Waals surface area (Å²) in [6, 6.07) is 11.0. The zero-order valence-electron chi connectivity index (χ0n) is 17.2. The third-order valence-electron chi connectivity index (χ3n) is 4.10. The van der Waals surface area contributed by atoms with Gasteiger partial charge in [-0.25, -0.2) is 9.18 Å². The molecule has 0 unspecified atom stereocenters. The molecule has 0 spiro atoms. The Hall–Kier alpha value is -3.85. The molecule has 0 aliphatic rings. The van der Waals surface area contributed by atoms with Gasteiger partial charge >= 0.3 is 6.03 Å². The Balaban J connectivity index is 1.66. The highest BCUT2D eigenvalue weighted by atomic mass is 35.5. The molecule has 0 aliphatic heterocycles. The third-order valence-corrected chi connectivity index (χ3v) is 4.42. The van der Waals surface area contributed by atoms with Crippen molar-refractivity contribution in [3.63, 3.8) is 0 Å². The minimum Gasteiger partial charge on any atom is -0.492 e. The maximum atomic E-state index is 14.5. The third kappa shape index (κ3) is 5.86. The lowest BCUT2D eigenvalue weighted by Gasteiger charge is -2.12. The first-order valence-corrected chi connectivity index (χ1v) is 9.93. The molecule has 0 bridgehead atoms. The summed E-state index contributed by atoms with van der Waals surface area (Å²) in [5.41, 5.74) is 0.546. The molecular weight excluding hydrogens is 439 g/mol. The summed E-state index contributed by atoms with van der Waals surface area (Å²) >= 11 is 6.03. The predicted octanol–water partition coefficient (Wildman–Crippen LogP) is 5.07. The van der Waals surface area contributed by atoms with Crippen molar-refractivity contribution < 1.29 is 23.5 Å². The van der Waals surface area contributed by atoms with Crippen molar-refractivity contribution in [2.24, 2.45) is 0 Å². The van der Waals surface area contributed by atoms with Crippen molar-refractivity contribution in [1.82, 2.24) is 10.3 Å². The average molecular weight is 459 g/mol. The van der Waals surface area contributed by atoms with Crippen LogP contribution < -0.4 is 25.4 Å². The number of rotatable bonds is 7. The van der Waals surface area contributed by atoms with E-state index < -0.39 is 11.8 Å². The number of carbonyl (C=O) groups excluding carboxylic acids is 2. The zero-order valence-corrected chi connectivity index (χ0v) is 18.0. The summed E-state index contributed by atoms with van der Waals surface area (Å²) in [7, 11) is 1.49. The van der Waals surface area contributed by atoms with Crippen molar-refractivity contribution in [2.45, 2.75) is 6.92 Å². The van der Waals surface area contributed by atoms with Crippen LogP contribution in [0.2, 0.25) is 5.02 Å². The maximum absolute atomic E-state index is 14.5.